The van der Waals surface area contributed by atoms with Crippen LogP contribution in [0.4, 0.5) is 0 Å². The Morgan fingerprint density at radius 3 is 2.79 bits per heavy atom. The monoisotopic (exact) mass is 197 g/mol. The van der Waals surface area contributed by atoms with Crippen molar-refractivity contribution in [3.05, 3.63) is 18.0 Å². The van der Waals surface area contributed by atoms with Crippen LogP contribution in [0.15, 0.2) is 12.4 Å². The first-order valence-corrected chi connectivity index (χ1v) is 4.98. The largest absolute Gasteiger partial charge is 0.388 e. The molecule has 0 saturated carbocycles. The summed E-state index contributed by atoms with van der Waals surface area (Å²) < 4.78 is 1.83. The summed E-state index contributed by atoms with van der Waals surface area (Å²) in [5.74, 6) is 0. The first-order chi connectivity index (χ1) is 6.63. The van der Waals surface area contributed by atoms with Gasteiger partial charge in [0.2, 0.25) is 0 Å². The molecule has 4 nitrogen and oxygen atoms in total. The minimum atomic E-state index is -0.391. The van der Waals surface area contributed by atoms with E-state index in [1.165, 1.54) is 0 Å². The van der Waals surface area contributed by atoms with E-state index in [2.05, 4.69) is 10.00 Å². The molecular formula is C10H19N3O. The average Bonchev–Trinajstić information content (AvgIpc) is 2.62. The van der Waals surface area contributed by atoms with Crippen LogP contribution in [0.5, 0.6) is 0 Å². The van der Waals surface area contributed by atoms with Crippen LogP contribution >= 0.6 is 0 Å². The van der Waals surface area contributed by atoms with Gasteiger partial charge in [-0.25, -0.2) is 0 Å². The molecule has 1 unspecified atom stereocenters. The molecule has 0 aromatic carbocycles. The van der Waals surface area contributed by atoms with Gasteiger partial charge in [-0.1, -0.05) is 0 Å². The number of nitrogens with zero attached hydrogens (tertiary/aromatic N) is 3. The summed E-state index contributed by atoms with van der Waals surface area (Å²) in [5.41, 5.74) is 0.911. The van der Waals surface area contributed by atoms with E-state index in [4.69, 9.17) is 0 Å². The van der Waals surface area contributed by atoms with Gasteiger partial charge >= 0.3 is 0 Å². The van der Waals surface area contributed by atoms with E-state index >= 15 is 0 Å². The maximum absolute atomic E-state index is 9.80. The van der Waals surface area contributed by atoms with E-state index in [1.54, 1.807) is 6.20 Å². The second kappa shape index (κ2) is 5.12. The number of rotatable bonds is 5. The van der Waals surface area contributed by atoms with Crippen molar-refractivity contribution in [3.8, 4) is 0 Å². The zero-order chi connectivity index (χ0) is 10.6. The molecule has 0 saturated heterocycles. The number of hydrogen-bond acceptors (Lipinski definition) is 3. The van der Waals surface area contributed by atoms with Gasteiger partial charge in [-0.05, 0) is 27.4 Å². The van der Waals surface area contributed by atoms with E-state index < -0.39 is 6.10 Å². The first kappa shape index (κ1) is 11.2. The minimum absolute atomic E-state index is 0.391. The lowest BCUT2D eigenvalue weighted by molar-refractivity contribution is 0.154. The summed E-state index contributed by atoms with van der Waals surface area (Å²) in [7, 11) is 4.00. The second-order valence-electron chi connectivity index (χ2n) is 3.74. The summed E-state index contributed by atoms with van der Waals surface area (Å²) in [6.07, 6.45) is 4.00. The van der Waals surface area contributed by atoms with Crippen molar-refractivity contribution in [1.29, 1.82) is 0 Å². The van der Waals surface area contributed by atoms with Crippen LogP contribution in [0.2, 0.25) is 0 Å². The number of aryl methyl sites for hydroxylation is 1. The Balaban J connectivity index is 2.47. The molecule has 80 valence electrons. The zero-order valence-electron chi connectivity index (χ0n) is 9.14. The Kier molecular flexibility index (Phi) is 4.10. The van der Waals surface area contributed by atoms with Crippen molar-refractivity contribution in [2.45, 2.75) is 26.0 Å². The molecule has 1 atom stereocenters. The van der Waals surface area contributed by atoms with E-state index in [0.717, 1.165) is 25.1 Å². The third-order valence-corrected chi connectivity index (χ3v) is 2.21. The van der Waals surface area contributed by atoms with Gasteiger partial charge in [-0.2, -0.15) is 5.10 Å². The topological polar surface area (TPSA) is 41.3 Å². The van der Waals surface area contributed by atoms with Crippen molar-refractivity contribution in [3.63, 3.8) is 0 Å². The smallest absolute Gasteiger partial charge is 0.0832 e. The van der Waals surface area contributed by atoms with Crippen molar-refractivity contribution >= 4 is 0 Å². The van der Waals surface area contributed by atoms with Gasteiger partial charge in [-0.3, -0.25) is 4.68 Å². The third-order valence-electron chi connectivity index (χ3n) is 2.21. The van der Waals surface area contributed by atoms with Crippen LogP contribution in [0.1, 0.15) is 25.0 Å². The molecule has 0 spiro atoms. The quantitative estimate of drug-likeness (QED) is 0.762. The highest BCUT2D eigenvalue weighted by Crippen LogP contribution is 2.15. The fraction of sp³-hybridized carbons (Fsp3) is 0.700. The Morgan fingerprint density at radius 1 is 1.57 bits per heavy atom. The fourth-order valence-electron chi connectivity index (χ4n) is 1.27. The Bertz CT molecular complexity index is 270. The highest BCUT2D eigenvalue weighted by Gasteiger charge is 2.09. The summed E-state index contributed by atoms with van der Waals surface area (Å²) in [6.45, 7) is 3.77. The van der Waals surface area contributed by atoms with Crippen LogP contribution in [0.3, 0.4) is 0 Å². The molecule has 0 aliphatic carbocycles. The lowest BCUT2D eigenvalue weighted by Crippen LogP contribution is -2.15. The summed E-state index contributed by atoms with van der Waals surface area (Å²) in [5, 5.41) is 13.9. The molecule has 1 heterocycles. The molecule has 0 amide bonds. The summed E-state index contributed by atoms with van der Waals surface area (Å²) >= 11 is 0. The number of aliphatic hydroxyl groups is 1. The highest BCUT2D eigenvalue weighted by molar-refractivity contribution is 5.07. The van der Waals surface area contributed by atoms with Gasteiger partial charge < -0.3 is 10.0 Å². The lowest BCUT2D eigenvalue weighted by Gasteiger charge is -2.12. The van der Waals surface area contributed by atoms with Gasteiger partial charge in [0, 0.05) is 24.8 Å². The molecule has 0 aliphatic heterocycles. The normalized spacial score (nSPS) is 13.5. The molecule has 4 heteroatoms. The first-order valence-electron chi connectivity index (χ1n) is 4.98. The molecule has 1 N–H and O–H groups in total. The van der Waals surface area contributed by atoms with Crippen LogP contribution in [0.25, 0.3) is 0 Å². The van der Waals surface area contributed by atoms with Crippen LogP contribution in [0, 0.1) is 0 Å². The maximum Gasteiger partial charge on any atom is 0.0832 e. The predicted molar refractivity (Wildman–Crippen MR) is 56.0 cm³/mol. The van der Waals surface area contributed by atoms with E-state index in [1.807, 2.05) is 31.9 Å². The van der Waals surface area contributed by atoms with E-state index in [-0.39, 0.29) is 0 Å². The molecule has 0 radical (unpaired) electrons. The fourth-order valence-corrected chi connectivity index (χ4v) is 1.27. The van der Waals surface area contributed by atoms with Crippen LogP contribution in [-0.4, -0.2) is 40.4 Å². The molecule has 0 fully saturated rings. The van der Waals surface area contributed by atoms with Crippen molar-refractivity contribution < 1.29 is 5.11 Å². The van der Waals surface area contributed by atoms with Crippen LogP contribution < -0.4 is 0 Å². The second-order valence-corrected chi connectivity index (χ2v) is 3.74. The van der Waals surface area contributed by atoms with Crippen molar-refractivity contribution in [1.82, 2.24) is 14.7 Å². The molecule has 0 aliphatic rings. The van der Waals surface area contributed by atoms with E-state index in [9.17, 15) is 5.11 Å². The Labute approximate surface area is 85.1 Å². The zero-order valence-corrected chi connectivity index (χ0v) is 9.14. The van der Waals surface area contributed by atoms with Gasteiger partial charge in [0.25, 0.3) is 0 Å². The van der Waals surface area contributed by atoms with Gasteiger partial charge in [0.15, 0.2) is 0 Å². The minimum Gasteiger partial charge on any atom is -0.388 e. The van der Waals surface area contributed by atoms with Crippen molar-refractivity contribution in [2.75, 3.05) is 20.6 Å². The number of hydrogen-bond donors (Lipinski definition) is 1. The summed E-state index contributed by atoms with van der Waals surface area (Å²) in [4.78, 5) is 2.06. The van der Waals surface area contributed by atoms with Gasteiger partial charge in [-0.15, -0.1) is 0 Å². The molecule has 14 heavy (non-hydrogen) atoms. The van der Waals surface area contributed by atoms with Gasteiger partial charge in [0.05, 0.1) is 12.3 Å². The molecule has 0 bridgehead atoms. The summed E-state index contributed by atoms with van der Waals surface area (Å²) in [6, 6.07) is 0. The molecule has 1 aromatic heterocycles. The van der Waals surface area contributed by atoms with Crippen LogP contribution in [-0.2, 0) is 6.54 Å². The molecule has 1 rings (SSSR count). The molecular weight excluding hydrogens is 178 g/mol. The standard InChI is InChI=1S/C10H19N3O/c1-4-13-8-9(7-11-13)10(14)5-6-12(2)3/h7-8,10,14H,4-6H2,1-3H3. The molecule has 1 aromatic rings. The average molecular weight is 197 g/mol. The maximum atomic E-state index is 9.80. The van der Waals surface area contributed by atoms with Crippen molar-refractivity contribution in [2.24, 2.45) is 0 Å². The Morgan fingerprint density at radius 2 is 2.29 bits per heavy atom. The number of aliphatic hydroxyl groups excluding tert-OH is 1. The van der Waals surface area contributed by atoms with E-state index in [0.29, 0.717) is 0 Å². The lowest BCUT2D eigenvalue weighted by atomic mass is 10.1. The SMILES string of the molecule is CCn1cc(C(O)CCN(C)C)cn1. The third kappa shape index (κ3) is 3.12. The van der Waals surface area contributed by atoms with Gasteiger partial charge in [0.1, 0.15) is 0 Å². The number of aromatic nitrogens is 2. The predicted octanol–water partition coefficient (Wildman–Crippen LogP) is 0.888. The highest BCUT2D eigenvalue weighted by atomic mass is 16.3. The Hall–Kier alpha value is -0.870.